The van der Waals surface area contributed by atoms with E-state index in [1.54, 1.807) is 23.4 Å². The Labute approximate surface area is 166 Å². The minimum Gasteiger partial charge on any atom is -0.491 e. The molecule has 0 bridgehead atoms. The Kier molecular flexibility index (Phi) is 3.35. The van der Waals surface area contributed by atoms with Crippen LogP contribution < -0.4 is 19.1 Å². The number of anilines is 1. The third-order valence-electron chi connectivity index (χ3n) is 5.73. The summed E-state index contributed by atoms with van der Waals surface area (Å²) in [4.78, 5) is 24.2. The van der Waals surface area contributed by atoms with Crippen LogP contribution in [-0.2, 0) is 16.8 Å². The number of rotatable bonds is 2. The summed E-state index contributed by atoms with van der Waals surface area (Å²) in [6.45, 7) is 1.54. The zero-order valence-corrected chi connectivity index (χ0v) is 15.5. The molecule has 3 aliphatic rings. The number of benzene rings is 2. The third kappa shape index (κ3) is 2.21. The predicted molar refractivity (Wildman–Crippen MR) is 103 cm³/mol. The summed E-state index contributed by atoms with van der Waals surface area (Å²) < 4.78 is 17.5. The predicted octanol–water partition coefficient (Wildman–Crippen LogP) is 2.47. The average molecular weight is 387 g/mol. The minimum atomic E-state index is -0.906. The number of aromatic nitrogens is 2. The summed E-state index contributed by atoms with van der Waals surface area (Å²) in [6, 6.07) is 13.3. The minimum absolute atomic E-state index is 0.0402. The van der Waals surface area contributed by atoms with E-state index in [0.29, 0.717) is 42.8 Å². The van der Waals surface area contributed by atoms with Crippen molar-refractivity contribution in [3.05, 3.63) is 71.8 Å². The van der Waals surface area contributed by atoms with Crippen molar-refractivity contribution in [2.24, 2.45) is 0 Å². The van der Waals surface area contributed by atoms with Gasteiger partial charge in [-0.15, -0.1) is 0 Å². The van der Waals surface area contributed by atoms with Gasteiger partial charge in [-0.25, -0.2) is 9.97 Å². The normalized spacial score (nSPS) is 21.1. The Morgan fingerprint density at radius 2 is 1.66 bits per heavy atom. The fraction of sp³-hybridized carbons (Fsp3) is 0.227. The van der Waals surface area contributed by atoms with Crippen LogP contribution >= 0.6 is 0 Å². The van der Waals surface area contributed by atoms with Gasteiger partial charge in [-0.1, -0.05) is 18.2 Å². The molecule has 4 heterocycles. The van der Waals surface area contributed by atoms with Crippen LogP contribution in [0.25, 0.3) is 0 Å². The third-order valence-corrected chi connectivity index (χ3v) is 5.73. The Balaban J connectivity index is 1.51. The van der Waals surface area contributed by atoms with Gasteiger partial charge in [0, 0.05) is 29.7 Å². The maximum absolute atomic E-state index is 13.8. The lowest BCUT2D eigenvalue weighted by molar-refractivity contribution is -0.122. The molecule has 0 aliphatic carbocycles. The molecule has 1 amide bonds. The molecule has 7 nitrogen and oxygen atoms in total. The SMILES string of the molecule is O=C1N(Cc2ncccn2)c2ccccc2C12COc1cc3c(cc12)OCCO3. The van der Waals surface area contributed by atoms with E-state index in [1.165, 1.54) is 0 Å². The molecule has 1 aromatic heterocycles. The fourth-order valence-corrected chi connectivity index (χ4v) is 4.42. The van der Waals surface area contributed by atoms with Crippen molar-refractivity contribution in [2.75, 3.05) is 24.7 Å². The van der Waals surface area contributed by atoms with Crippen LogP contribution in [0.15, 0.2) is 54.9 Å². The van der Waals surface area contributed by atoms with Crippen LogP contribution in [0, 0.1) is 0 Å². The molecule has 0 saturated heterocycles. The van der Waals surface area contributed by atoms with Crippen LogP contribution in [0.4, 0.5) is 5.69 Å². The van der Waals surface area contributed by atoms with Gasteiger partial charge in [0.25, 0.3) is 0 Å². The molecule has 6 rings (SSSR count). The first-order valence-corrected chi connectivity index (χ1v) is 9.52. The van der Waals surface area contributed by atoms with Gasteiger partial charge in [0.15, 0.2) is 11.5 Å². The average Bonchev–Trinajstić information content (AvgIpc) is 3.25. The highest BCUT2D eigenvalue weighted by Gasteiger charge is 2.57. The van der Waals surface area contributed by atoms with Crippen molar-refractivity contribution < 1.29 is 19.0 Å². The van der Waals surface area contributed by atoms with Crippen molar-refractivity contribution in [3.63, 3.8) is 0 Å². The van der Waals surface area contributed by atoms with Crippen molar-refractivity contribution >= 4 is 11.6 Å². The van der Waals surface area contributed by atoms with E-state index in [4.69, 9.17) is 14.2 Å². The first-order valence-electron chi connectivity index (χ1n) is 9.52. The molecule has 2 aromatic carbocycles. The van der Waals surface area contributed by atoms with Crippen molar-refractivity contribution in [1.29, 1.82) is 0 Å². The topological polar surface area (TPSA) is 73.8 Å². The highest BCUT2D eigenvalue weighted by molar-refractivity contribution is 6.11. The lowest BCUT2D eigenvalue weighted by Gasteiger charge is -2.24. The smallest absolute Gasteiger partial charge is 0.246 e. The number of carbonyl (C=O) groups excluding carboxylic acids is 1. The molecular weight excluding hydrogens is 370 g/mol. The van der Waals surface area contributed by atoms with Gasteiger partial charge in [0.1, 0.15) is 36.8 Å². The summed E-state index contributed by atoms with van der Waals surface area (Å²) in [5.41, 5.74) is 1.69. The number of amides is 1. The van der Waals surface area contributed by atoms with Gasteiger partial charge >= 0.3 is 0 Å². The molecule has 1 unspecified atom stereocenters. The second-order valence-electron chi connectivity index (χ2n) is 7.26. The molecule has 1 atom stereocenters. The van der Waals surface area contributed by atoms with Gasteiger partial charge in [-0.3, -0.25) is 4.79 Å². The molecule has 0 saturated carbocycles. The molecular formula is C22H17N3O4. The van der Waals surface area contributed by atoms with Crippen LogP contribution in [0.1, 0.15) is 17.0 Å². The molecule has 3 aromatic rings. The Hall–Kier alpha value is -3.61. The van der Waals surface area contributed by atoms with E-state index in [9.17, 15) is 4.79 Å². The van der Waals surface area contributed by atoms with E-state index in [0.717, 1.165) is 16.8 Å². The summed E-state index contributed by atoms with van der Waals surface area (Å²) in [6.07, 6.45) is 3.37. The van der Waals surface area contributed by atoms with Gasteiger partial charge in [0.2, 0.25) is 5.91 Å². The first kappa shape index (κ1) is 16.4. The standard InChI is InChI=1S/C22H17N3O4/c26-21-22(13-29-17-11-19-18(10-15(17)22)27-8-9-28-19)14-4-1-2-5-16(14)25(21)12-20-23-6-3-7-24-20/h1-7,10-11H,8-9,12-13H2. The number of hydrogen-bond acceptors (Lipinski definition) is 6. The second-order valence-corrected chi connectivity index (χ2v) is 7.26. The molecule has 7 heteroatoms. The van der Waals surface area contributed by atoms with Crippen LogP contribution in [0.5, 0.6) is 17.2 Å². The number of nitrogens with zero attached hydrogens (tertiary/aromatic N) is 3. The highest BCUT2D eigenvalue weighted by Crippen LogP contribution is 2.54. The molecule has 1 spiro atoms. The van der Waals surface area contributed by atoms with Gasteiger partial charge in [-0.2, -0.15) is 0 Å². The second kappa shape index (κ2) is 5.94. The van der Waals surface area contributed by atoms with E-state index < -0.39 is 5.41 Å². The van der Waals surface area contributed by atoms with E-state index in [2.05, 4.69) is 9.97 Å². The van der Waals surface area contributed by atoms with Crippen LogP contribution in [0.2, 0.25) is 0 Å². The van der Waals surface area contributed by atoms with E-state index in [1.807, 2.05) is 36.4 Å². The summed E-state index contributed by atoms with van der Waals surface area (Å²) >= 11 is 0. The Morgan fingerprint density at radius 3 is 2.48 bits per heavy atom. The molecule has 144 valence electrons. The van der Waals surface area contributed by atoms with Crippen LogP contribution in [-0.4, -0.2) is 35.7 Å². The van der Waals surface area contributed by atoms with E-state index >= 15 is 0 Å². The summed E-state index contributed by atoms with van der Waals surface area (Å²) in [7, 11) is 0. The molecule has 29 heavy (non-hydrogen) atoms. The summed E-state index contributed by atoms with van der Waals surface area (Å²) in [5, 5.41) is 0. The Bertz CT molecular complexity index is 1130. The number of para-hydroxylation sites is 1. The maximum Gasteiger partial charge on any atom is 0.246 e. The van der Waals surface area contributed by atoms with Crippen LogP contribution in [0.3, 0.4) is 0 Å². The Morgan fingerprint density at radius 1 is 0.897 bits per heavy atom. The fourth-order valence-electron chi connectivity index (χ4n) is 4.42. The number of carbonyl (C=O) groups is 1. The number of fused-ring (bicyclic) bond motifs is 5. The summed E-state index contributed by atoms with van der Waals surface area (Å²) in [5.74, 6) is 2.51. The van der Waals surface area contributed by atoms with Gasteiger partial charge < -0.3 is 19.1 Å². The first-order chi connectivity index (χ1) is 14.3. The zero-order chi connectivity index (χ0) is 19.4. The van der Waals surface area contributed by atoms with Crippen molar-refractivity contribution in [1.82, 2.24) is 9.97 Å². The lowest BCUT2D eigenvalue weighted by Crippen LogP contribution is -2.42. The van der Waals surface area contributed by atoms with Gasteiger partial charge in [-0.05, 0) is 23.8 Å². The molecule has 0 radical (unpaired) electrons. The number of hydrogen-bond donors (Lipinski definition) is 0. The van der Waals surface area contributed by atoms with Crippen molar-refractivity contribution in [3.8, 4) is 17.2 Å². The van der Waals surface area contributed by atoms with Crippen molar-refractivity contribution in [2.45, 2.75) is 12.0 Å². The largest absolute Gasteiger partial charge is 0.491 e. The highest BCUT2D eigenvalue weighted by atomic mass is 16.6. The zero-order valence-electron chi connectivity index (χ0n) is 15.5. The maximum atomic E-state index is 13.8. The molecule has 0 fully saturated rings. The van der Waals surface area contributed by atoms with E-state index in [-0.39, 0.29) is 12.5 Å². The molecule has 0 N–H and O–H groups in total. The monoisotopic (exact) mass is 387 g/mol. The number of ether oxygens (including phenoxy) is 3. The quantitative estimate of drug-likeness (QED) is 0.673. The molecule has 3 aliphatic heterocycles. The lowest BCUT2D eigenvalue weighted by atomic mass is 9.77. The van der Waals surface area contributed by atoms with Gasteiger partial charge in [0.05, 0.1) is 6.54 Å².